The Balaban J connectivity index is 1.49. The van der Waals surface area contributed by atoms with Crippen LogP contribution in [0, 0.1) is 6.92 Å². The van der Waals surface area contributed by atoms with Crippen LogP contribution in [0.1, 0.15) is 11.1 Å². The third-order valence-electron chi connectivity index (χ3n) is 6.23. The van der Waals surface area contributed by atoms with Crippen LogP contribution in [-0.4, -0.2) is 63.4 Å². The number of carbonyl (C=O) groups excluding carboxylic acids is 1. The maximum Gasteiger partial charge on any atom is 0.243 e. The number of ether oxygens (including phenoxy) is 1. The Bertz CT molecular complexity index is 1240. The van der Waals surface area contributed by atoms with Gasteiger partial charge in [-0.05, 0) is 36.8 Å². The van der Waals surface area contributed by atoms with Crippen molar-refractivity contribution < 1.29 is 17.9 Å². The van der Waals surface area contributed by atoms with Crippen molar-refractivity contribution in [3.05, 3.63) is 90.0 Å². The van der Waals surface area contributed by atoms with E-state index in [9.17, 15) is 13.2 Å². The lowest BCUT2D eigenvalue weighted by Crippen LogP contribution is -2.51. The van der Waals surface area contributed by atoms with Gasteiger partial charge in [0.25, 0.3) is 0 Å². The van der Waals surface area contributed by atoms with Gasteiger partial charge in [-0.3, -0.25) is 4.79 Å². The number of para-hydroxylation sites is 2. The van der Waals surface area contributed by atoms with Gasteiger partial charge in [0.15, 0.2) is 0 Å². The molecule has 0 spiro atoms. The zero-order valence-electron chi connectivity index (χ0n) is 20.1. The first kappa shape index (κ1) is 24.8. The van der Waals surface area contributed by atoms with Crippen molar-refractivity contribution in [3.8, 4) is 5.75 Å². The maximum atomic E-state index is 13.5. The van der Waals surface area contributed by atoms with Gasteiger partial charge in [-0.2, -0.15) is 4.31 Å². The van der Waals surface area contributed by atoms with E-state index < -0.39 is 10.0 Å². The van der Waals surface area contributed by atoms with Crippen molar-refractivity contribution in [2.75, 3.05) is 44.7 Å². The first-order valence-corrected chi connectivity index (χ1v) is 13.1. The maximum absolute atomic E-state index is 13.5. The quantitative estimate of drug-likeness (QED) is 0.480. The highest BCUT2D eigenvalue weighted by Crippen LogP contribution is 2.28. The van der Waals surface area contributed by atoms with Gasteiger partial charge < -0.3 is 14.5 Å². The van der Waals surface area contributed by atoms with E-state index in [1.165, 1.54) is 4.31 Å². The number of rotatable bonds is 8. The number of hydrogen-bond acceptors (Lipinski definition) is 5. The molecule has 0 saturated carbocycles. The summed E-state index contributed by atoms with van der Waals surface area (Å²) in [6.07, 6.45) is 0. The third kappa shape index (κ3) is 5.83. The van der Waals surface area contributed by atoms with E-state index in [1.807, 2.05) is 61.5 Å². The summed E-state index contributed by atoms with van der Waals surface area (Å²) in [6, 6.07) is 23.9. The smallest absolute Gasteiger partial charge is 0.243 e. The topological polar surface area (TPSA) is 70.2 Å². The molecule has 4 rings (SSSR count). The normalized spacial score (nSPS) is 14.3. The summed E-state index contributed by atoms with van der Waals surface area (Å²) < 4.78 is 33.8. The molecule has 1 saturated heterocycles. The summed E-state index contributed by atoms with van der Waals surface area (Å²) in [4.78, 5) is 17.4. The minimum absolute atomic E-state index is 0.129. The highest BCUT2D eigenvalue weighted by atomic mass is 32.2. The number of amides is 1. The molecule has 7 nitrogen and oxygen atoms in total. The van der Waals surface area contributed by atoms with Crippen molar-refractivity contribution in [2.45, 2.75) is 18.4 Å². The molecule has 0 atom stereocenters. The fraction of sp³-hybridized carbons (Fsp3) is 0.296. The Morgan fingerprint density at radius 2 is 1.51 bits per heavy atom. The summed E-state index contributed by atoms with van der Waals surface area (Å²) in [7, 11) is -2.21. The van der Waals surface area contributed by atoms with Gasteiger partial charge >= 0.3 is 0 Å². The summed E-state index contributed by atoms with van der Waals surface area (Å²) in [5.41, 5.74) is 2.80. The van der Waals surface area contributed by atoms with Crippen molar-refractivity contribution >= 4 is 21.6 Å². The molecule has 1 aliphatic rings. The van der Waals surface area contributed by atoms with Crippen LogP contribution in [0.3, 0.4) is 0 Å². The molecule has 8 heteroatoms. The molecule has 0 bridgehead atoms. The fourth-order valence-electron chi connectivity index (χ4n) is 4.21. The minimum atomic E-state index is -3.85. The standard InChI is InChI=1S/C27H31N3O4S/c1-22-12-14-24(15-13-22)35(32,33)30(20-23-8-4-3-5-9-23)21-27(31)29-18-16-28(17-19-29)25-10-6-7-11-26(25)34-2/h3-15H,16-21H2,1-2H3. The zero-order chi connectivity index (χ0) is 24.8. The number of piperazine rings is 1. The Morgan fingerprint density at radius 3 is 2.17 bits per heavy atom. The molecule has 1 aliphatic heterocycles. The third-order valence-corrected chi connectivity index (χ3v) is 8.04. The molecule has 1 heterocycles. The lowest BCUT2D eigenvalue weighted by molar-refractivity contribution is -0.131. The molecule has 1 amide bonds. The number of carbonyl (C=O) groups is 1. The first-order chi connectivity index (χ1) is 16.9. The van der Waals surface area contributed by atoms with Crippen LogP contribution in [-0.2, 0) is 21.4 Å². The van der Waals surface area contributed by atoms with E-state index in [1.54, 1.807) is 36.3 Å². The van der Waals surface area contributed by atoms with Crippen LogP contribution in [0.15, 0.2) is 83.8 Å². The molecule has 3 aromatic rings. The molecule has 35 heavy (non-hydrogen) atoms. The highest BCUT2D eigenvalue weighted by molar-refractivity contribution is 7.89. The average molecular weight is 494 g/mol. The number of aryl methyl sites for hydroxylation is 1. The van der Waals surface area contributed by atoms with Gasteiger partial charge in [-0.15, -0.1) is 0 Å². The summed E-state index contributed by atoms with van der Waals surface area (Å²) in [5.74, 6) is 0.599. The Labute approximate surface area is 207 Å². The molecular formula is C27H31N3O4S. The second-order valence-corrected chi connectivity index (χ2v) is 10.5. The molecule has 1 fully saturated rings. The molecule has 0 aliphatic carbocycles. The predicted octanol–water partition coefficient (Wildman–Crippen LogP) is 3.54. The van der Waals surface area contributed by atoms with Crippen molar-refractivity contribution in [1.29, 1.82) is 0 Å². The van der Waals surface area contributed by atoms with Crippen molar-refractivity contribution in [3.63, 3.8) is 0 Å². The molecular weight excluding hydrogens is 462 g/mol. The number of anilines is 1. The van der Waals surface area contributed by atoms with Crippen LogP contribution in [0.4, 0.5) is 5.69 Å². The molecule has 0 aromatic heterocycles. The lowest BCUT2D eigenvalue weighted by Gasteiger charge is -2.37. The minimum Gasteiger partial charge on any atom is -0.495 e. The van der Waals surface area contributed by atoms with E-state index in [2.05, 4.69) is 4.90 Å². The molecule has 0 N–H and O–H groups in total. The van der Waals surface area contributed by atoms with E-state index in [4.69, 9.17) is 4.74 Å². The van der Waals surface area contributed by atoms with Crippen LogP contribution < -0.4 is 9.64 Å². The summed E-state index contributed by atoms with van der Waals surface area (Å²) in [5, 5.41) is 0. The number of sulfonamides is 1. The lowest BCUT2D eigenvalue weighted by atomic mass is 10.2. The van der Waals surface area contributed by atoms with Gasteiger partial charge in [0.1, 0.15) is 5.75 Å². The predicted molar refractivity (Wildman–Crippen MR) is 137 cm³/mol. The van der Waals surface area contributed by atoms with E-state index >= 15 is 0 Å². The van der Waals surface area contributed by atoms with Crippen LogP contribution in [0.25, 0.3) is 0 Å². The Morgan fingerprint density at radius 1 is 0.886 bits per heavy atom. The van der Waals surface area contributed by atoms with Gasteiger partial charge in [0, 0.05) is 32.7 Å². The largest absolute Gasteiger partial charge is 0.495 e. The summed E-state index contributed by atoms with van der Waals surface area (Å²) in [6.45, 7) is 4.16. The first-order valence-electron chi connectivity index (χ1n) is 11.6. The fourth-order valence-corrected chi connectivity index (χ4v) is 5.59. The SMILES string of the molecule is COc1ccccc1N1CCN(C(=O)CN(Cc2ccccc2)S(=O)(=O)c2ccc(C)cc2)CC1. The van der Waals surface area contributed by atoms with E-state index in [0.717, 1.165) is 22.6 Å². The van der Waals surface area contributed by atoms with Crippen LogP contribution in [0.2, 0.25) is 0 Å². The van der Waals surface area contributed by atoms with Gasteiger partial charge in [0.2, 0.25) is 15.9 Å². The second kappa shape index (κ2) is 10.9. The monoisotopic (exact) mass is 493 g/mol. The average Bonchev–Trinajstić information content (AvgIpc) is 2.89. The van der Waals surface area contributed by atoms with Gasteiger partial charge in [0.05, 0.1) is 24.2 Å². The van der Waals surface area contributed by atoms with Crippen molar-refractivity contribution in [1.82, 2.24) is 9.21 Å². The van der Waals surface area contributed by atoms with E-state index in [-0.39, 0.29) is 23.9 Å². The van der Waals surface area contributed by atoms with Crippen LogP contribution in [0.5, 0.6) is 5.75 Å². The molecule has 3 aromatic carbocycles. The Hall–Kier alpha value is -3.36. The zero-order valence-corrected chi connectivity index (χ0v) is 20.9. The highest BCUT2D eigenvalue weighted by Gasteiger charge is 2.30. The van der Waals surface area contributed by atoms with Crippen LogP contribution >= 0.6 is 0 Å². The number of nitrogens with zero attached hydrogens (tertiary/aromatic N) is 3. The summed E-state index contributed by atoms with van der Waals surface area (Å²) >= 11 is 0. The Kier molecular flexibility index (Phi) is 7.73. The van der Waals surface area contributed by atoms with Gasteiger partial charge in [-0.25, -0.2) is 8.42 Å². The number of hydrogen-bond donors (Lipinski definition) is 0. The molecule has 0 unspecified atom stereocenters. The molecule has 184 valence electrons. The second-order valence-electron chi connectivity index (χ2n) is 8.61. The van der Waals surface area contributed by atoms with E-state index in [0.29, 0.717) is 26.2 Å². The van der Waals surface area contributed by atoms with Crippen molar-refractivity contribution in [2.24, 2.45) is 0 Å². The number of benzene rings is 3. The molecule has 0 radical (unpaired) electrons. The van der Waals surface area contributed by atoms with Gasteiger partial charge in [-0.1, -0.05) is 60.2 Å². The number of methoxy groups -OCH3 is 1.